The van der Waals surface area contributed by atoms with E-state index in [4.69, 9.17) is 5.11 Å². The fourth-order valence-corrected chi connectivity index (χ4v) is 1.18. The number of aryl methyl sites for hydroxylation is 2. The minimum atomic E-state index is -1.07. The number of hydrogen-bond acceptors (Lipinski definition) is 3. The van der Waals surface area contributed by atoms with Crippen LogP contribution >= 0.6 is 0 Å². The molecule has 0 fully saturated rings. The summed E-state index contributed by atoms with van der Waals surface area (Å²) in [6.07, 6.45) is 0. The van der Waals surface area contributed by atoms with Gasteiger partial charge < -0.3 is 10.4 Å². The van der Waals surface area contributed by atoms with Crippen LogP contribution in [0.5, 0.6) is 0 Å². The van der Waals surface area contributed by atoms with E-state index in [2.05, 4.69) is 10.3 Å². The van der Waals surface area contributed by atoms with Gasteiger partial charge in [0, 0.05) is 5.69 Å². The van der Waals surface area contributed by atoms with Gasteiger partial charge in [-0.1, -0.05) is 0 Å². The van der Waals surface area contributed by atoms with E-state index in [9.17, 15) is 9.59 Å². The number of carboxylic acid groups (broad SMARTS) is 1. The molecule has 0 radical (unpaired) electrons. The maximum Gasteiger partial charge on any atom is 0.322 e. The lowest BCUT2D eigenvalue weighted by atomic mass is 10.2. The van der Waals surface area contributed by atoms with Crippen LogP contribution < -0.4 is 5.32 Å². The van der Waals surface area contributed by atoms with Crippen LogP contribution in [-0.2, 0) is 4.79 Å². The van der Waals surface area contributed by atoms with Crippen molar-refractivity contribution < 1.29 is 14.7 Å². The molecule has 0 aliphatic rings. The van der Waals surface area contributed by atoms with Crippen molar-refractivity contribution in [3.05, 3.63) is 29.1 Å². The molecule has 15 heavy (non-hydrogen) atoms. The molecule has 2 N–H and O–H groups in total. The van der Waals surface area contributed by atoms with Gasteiger partial charge in [0.15, 0.2) is 0 Å². The van der Waals surface area contributed by atoms with Gasteiger partial charge in [0.2, 0.25) is 0 Å². The predicted molar refractivity (Wildman–Crippen MR) is 53.7 cm³/mol. The molecule has 0 bridgehead atoms. The van der Waals surface area contributed by atoms with Crippen LogP contribution in [0.4, 0.5) is 0 Å². The zero-order valence-corrected chi connectivity index (χ0v) is 8.57. The molecule has 1 aromatic heterocycles. The van der Waals surface area contributed by atoms with Crippen LogP contribution in [0.2, 0.25) is 0 Å². The van der Waals surface area contributed by atoms with E-state index in [-0.39, 0.29) is 6.54 Å². The first-order valence-corrected chi connectivity index (χ1v) is 4.45. The second kappa shape index (κ2) is 4.54. The van der Waals surface area contributed by atoms with E-state index in [1.807, 2.05) is 6.92 Å². The highest BCUT2D eigenvalue weighted by molar-refractivity contribution is 5.96. The van der Waals surface area contributed by atoms with Crippen LogP contribution in [0.3, 0.4) is 0 Å². The maximum absolute atomic E-state index is 11.5. The van der Waals surface area contributed by atoms with E-state index in [1.165, 1.54) is 0 Å². The Balaban J connectivity index is 2.78. The third kappa shape index (κ3) is 3.05. The molecule has 0 aliphatic carbocycles. The molecule has 0 unspecified atom stereocenters. The third-order valence-corrected chi connectivity index (χ3v) is 1.87. The summed E-state index contributed by atoms with van der Waals surface area (Å²) in [5.41, 5.74) is 1.82. The number of hydrogen-bond donors (Lipinski definition) is 2. The second-order valence-electron chi connectivity index (χ2n) is 3.16. The number of nitrogens with zero attached hydrogens (tertiary/aromatic N) is 1. The molecule has 80 valence electrons. The zero-order valence-electron chi connectivity index (χ0n) is 8.57. The Kier molecular flexibility index (Phi) is 3.38. The maximum atomic E-state index is 11.5. The molecule has 5 nitrogen and oxygen atoms in total. The Bertz CT molecular complexity index is 402. The Morgan fingerprint density at radius 2 is 2.07 bits per heavy atom. The Labute approximate surface area is 87.1 Å². The highest BCUT2D eigenvalue weighted by Crippen LogP contribution is 2.05. The number of pyridine rings is 1. The second-order valence-corrected chi connectivity index (χ2v) is 3.16. The molecule has 1 amide bonds. The van der Waals surface area contributed by atoms with Crippen LogP contribution in [0.25, 0.3) is 0 Å². The number of aromatic nitrogens is 1. The van der Waals surface area contributed by atoms with Gasteiger partial charge >= 0.3 is 5.97 Å². The smallest absolute Gasteiger partial charge is 0.322 e. The number of carbonyl (C=O) groups excluding carboxylic acids is 1. The highest BCUT2D eigenvalue weighted by Gasteiger charge is 2.10. The monoisotopic (exact) mass is 208 g/mol. The molecule has 1 aromatic rings. The third-order valence-electron chi connectivity index (χ3n) is 1.87. The van der Waals surface area contributed by atoms with Gasteiger partial charge in [-0.15, -0.1) is 0 Å². The average molecular weight is 208 g/mol. The normalized spacial score (nSPS) is 9.73. The SMILES string of the molecule is Cc1ccc(C(=O)NCC(=O)O)c(C)n1. The number of carbonyl (C=O) groups is 2. The van der Waals surface area contributed by atoms with Crippen LogP contribution in [0.15, 0.2) is 12.1 Å². The Hall–Kier alpha value is -1.91. The van der Waals surface area contributed by atoms with Gasteiger partial charge in [-0.3, -0.25) is 14.6 Å². The molecular weight excluding hydrogens is 196 g/mol. The van der Waals surface area contributed by atoms with Crippen molar-refractivity contribution >= 4 is 11.9 Å². The van der Waals surface area contributed by atoms with E-state index in [0.717, 1.165) is 5.69 Å². The summed E-state index contributed by atoms with van der Waals surface area (Å²) >= 11 is 0. The first-order chi connectivity index (χ1) is 7.00. The number of rotatable bonds is 3. The van der Waals surface area contributed by atoms with Crippen molar-refractivity contribution in [3.8, 4) is 0 Å². The minimum absolute atomic E-state index is 0.383. The molecule has 0 aromatic carbocycles. The summed E-state index contributed by atoms with van der Waals surface area (Å²) in [5, 5.41) is 10.7. The standard InChI is InChI=1S/C10H12N2O3/c1-6-3-4-8(7(2)12-6)10(15)11-5-9(13)14/h3-4H,5H2,1-2H3,(H,11,15)(H,13,14). The summed E-state index contributed by atoms with van der Waals surface area (Å²) in [5.74, 6) is -1.48. The van der Waals surface area contributed by atoms with Crippen molar-refractivity contribution in [2.75, 3.05) is 6.54 Å². The zero-order chi connectivity index (χ0) is 11.4. The van der Waals surface area contributed by atoms with Gasteiger partial charge in [0.1, 0.15) is 6.54 Å². The van der Waals surface area contributed by atoms with Crippen LogP contribution in [-0.4, -0.2) is 28.5 Å². The lowest BCUT2D eigenvalue weighted by Gasteiger charge is -2.05. The minimum Gasteiger partial charge on any atom is -0.480 e. The van der Waals surface area contributed by atoms with E-state index < -0.39 is 11.9 Å². The Morgan fingerprint density at radius 1 is 1.40 bits per heavy atom. The van der Waals surface area contributed by atoms with Gasteiger partial charge in [0.05, 0.1) is 11.3 Å². The summed E-state index contributed by atoms with van der Waals surface area (Å²) in [4.78, 5) is 25.8. The number of aliphatic carboxylic acids is 1. The number of nitrogens with one attached hydrogen (secondary N) is 1. The average Bonchev–Trinajstić information content (AvgIpc) is 2.14. The summed E-state index contributed by atoms with van der Waals surface area (Å²) in [6, 6.07) is 3.34. The van der Waals surface area contributed by atoms with Crippen molar-refractivity contribution in [2.24, 2.45) is 0 Å². The molecule has 0 aliphatic heterocycles. The fourth-order valence-electron chi connectivity index (χ4n) is 1.18. The quantitative estimate of drug-likeness (QED) is 0.758. The van der Waals surface area contributed by atoms with E-state index >= 15 is 0 Å². The summed E-state index contributed by atoms with van der Waals surface area (Å²) in [7, 11) is 0. The number of amides is 1. The van der Waals surface area contributed by atoms with Gasteiger partial charge in [-0.05, 0) is 26.0 Å². The van der Waals surface area contributed by atoms with E-state index in [1.54, 1.807) is 19.1 Å². The van der Waals surface area contributed by atoms with Crippen molar-refractivity contribution in [1.82, 2.24) is 10.3 Å². The lowest BCUT2D eigenvalue weighted by molar-refractivity contribution is -0.135. The summed E-state index contributed by atoms with van der Waals surface area (Å²) < 4.78 is 0. The number of carboxylic acids is 1. The molecular formula is C10H12N2O3. The van der Waals surface area contributed by atoms with E-state index in [0.29, 0.717) is 11.3 Å². The summed E-state index contributed by atoms with van der Waals surface area (Å²) in [6.45, 7) is 3.15. The van der Waals surface area contributed by atoms with Gasteiger partial charge in [0.25, 0.3) is 5.91 Å². The largest absolute Gasteiger partial charge is 0.480 e. The fraction of sp³-hybridized carbons (Fsp3) is 0.300. The topological polar surface area (TPSA) is 79.3 Å². The molecule has 0 atom stereocenters. The molecule has 0 saturated carbocycles. The highest BCUT2D eigenvalue weighted by atomic mass is 16.4. The van der Waals surface area contributed by atoms with Gasteiger partial charge in [-0.25, -0.2) is 0 Å². The molecule has 1 heterocycles. The van der Waals surface area contributed by atoms with Crippen molar-refractivity contribution in [3.63, 3.8) is 0 Å². The Morgan fingerprint density at radius 3 is 2.60 bits per heavy atom. The van der Waals surface area contributed by atoms with Gasteiger partial charge in [-0.2, -0.15) is 0 Å². The van der Waals surface area contributed by atoms with Crippen LogP contribution in [0.1, 0.15) is 21.7 Å². The van der Waals surface area contributed by atoms with Crippen molar-refractivity contribution in [2.45, 2.75) is 13.8 Å². The molecule has 0 spiro atoms. The van der Waals surface area contributed by atoms with Crippen molar-refractivity contribution in [1.29, 1.82) is 0 Å². The first kappa shape index (κ1) is 11.2. The molecule has 1 rings (SSSR count). The lowest BCUT2D eigenvalue weighted by Crippen LogP contribution is -2.29. The molecule has 0 saturated heterocycles. The first-order valence-electron chi connectivity index (χ1n) is 4.45. The van der Waals surface area contributed by atoms with Crippen LogP contribution in [0, 0.1) is 13.8 Å². The molecule has 5 heteroatoms. The predicted octanol–water partition coefficient (Wildman–Crippen LogP) is 0.513.